The van der Waals surface area contributed by atoms with Crippen molar-refractivity contribution in [2.24, 2.45) is 0 Å². The first-order valence-electron chi connectivity index (χ1n) is 5.91. The summed E-state index contributed by atoms with van der Waals surface area (Å²) in [5, 5.41) is 0. The van der Waals surface area contributed by atoms with Crippen LogP contribution in [-0.4, -0.2) is 4.98 Å². The Hall–Kier alpha value is -1.89. The van der Waals surface area contributed by atoms with Crippen LogP contribution >= 0.6 is 0 Å². The fraction of sp³-hybridized carbons (Fsp3) is 0.188. The van der Waals surface area contributed by atoms with Gasteiger partial charge in [0.15, 0.2) is 0 Å². The molecule has 1 heterocycles. The maximum atomic E-state index is 4.40. The lowest BCUT2D eigenvalue weighted by Crippen LogP contribution is -1.93. The normalized spacial score (nSPS) is 12.8. The van der Waals surface area contributed by atoms with Crippen LogP contribution in [0.4, 0.5) is 0 Å². The van der Waals surface area contributed by atoms with Crippen LogP contribution in [0.15, 0.2) is 54.7 Å². The first kappa shape index (κ1) is 11.6. The second-order valence-corrected chi connectivity index (χ2v) is 4.32. The zero-order valence-corrected chi connectivity index (χ0v) is 10.3. The fourth-order valence-corrected chi connectivity index (χ4v) is 1.73. The fourth-order valence-electron chi connectivity index (χ4n) is 1.73. The summed E-state index contributed by atoms with van der Waals surface area (Å²) >= 11 is 0. The van der Waals surface area contributed by atoms with Crippen molar-refractivity contribution in [2.75, 3.05) is 0 Å². The van der Waals surface area contributed by atoms with E-state index in [1.165, 1.54) is 11.1 Å². The third-order valence-electron chi connectivity index (χ3n) is 2.78. The molecule has 0 saturated carbocycles. The van der Waals surface area contributed by atoms with Crippen molar-refractivity contribution in [3.05, 3.63) is 71.6 Å². The topological polar surface area (TPSA) is 12.9 Å². The van der Waals surface area contributed by atoms with Gasteiger partial charge in [-0.25, -0.2) is 0 Å². The van der Waals surface area contributed by atoms with E-state index in [-0.39, 0.29) is 0 Å². The molecule has 0 spiro atoms. The van der Waals surface area contributed by atoms with Gasteiger partial charge in [-0.05, 0) is 30.2 Å². The molecule has 1 nitrogen and oxygen atoms in total. The van der Waals surface area contributed by atoms with Gasteiger partial charge in [0, 0.05) is 17.8 Å². The second kappa shape index (κ2) is 5.44. The smallest absolute Gasteiger partial charge is 0.0472 e. The summed E-state index contributed by atoms with van der Waals surface area (Å²) in [4.78, 5) is 4.40. The molecule has 2 aromatic rings. The Morgan fingerprint density at radius 1 is 1.12 bits per heavy atom. The molecule has 0 N–H and O–H groups in total. The molecule has 17 heavy (non-hydrogen) atoms. The van der Waals surface area contributed by atoms with E-state index in [4.69, 9.17) is 0 Å². The Kier molecular flexibility index (Phi) is 3.71. The van der Waals surface area contributed by atoms with Gasteiger partial charge in [-0.3, -0.25) is 4.98 Å². The van der Waals surface area contributed by atoms with Crippen molar-refractivity contribution < 1.29 is 0 Å². The number of pyridine rings is 1. The van der Waals surface area contributed by atoms with E-state index in [1.807, 2.05) is 18.3 Å². The molecule has 1 aromatic heterocycles. The third kappa shape index (κ3) is 3.28. The first-order valence-corrected chi connectivity index (χ1v) is 5.91. The molecule has 0 aliphatic heterocycles. The van der Waals surface area contributed by atoms with Crippen molar-refractivity contribution in [3.8, 4) is 0 Å². The number of nitrogens with zero attached hydrogens (tertiary/aromatic N) is 1. The zero-order valence-electron chi connectivity index (χ0n) is 10.3. The lowest BCUT2D eigenvalue weighted by atomic mass is 10.0. The molecular formula is C16H17N. The Balaban J connectivity index is 2.12. The summed E-state index contributed by atoms with van der Waals surface area (Å²) in [5.74, 6) is 0.343. The highest BCUT2D eigenvalue weighted by molar-refractivity contribution is 5.50. The molecular weight excluding hydrogens is 206 g/mol. The van der Waals surface area contributed by atoms with Gasteiger partial charge in [0.05, 0.1) is 0 Å². The predicted molar refractivity (Wildman–Crippen MR) is 72.9 cm³/mol. The zero-order chi connectivity index (χ0) is 12.1. The van der Waals surface area contributed by atoms with E-state index >= 15 is 0 Å². The molecule has 0 saturated heterocycles. The Morgan fingerprint density at radius 3 is 2.59 bits per heavy atom. The summed E-state index contributed by atoms with van der Waals surface area (Å²) in [6.45, 7) is 4.26. The van der Waals surface area contributed by atoms with E-state index in [0.29, 0.717) is 5.92 Å². The average molecular weight is 223 g/mol. The highest BCUT2D eigenvalue weighted by Gasteiger charge is 2.02. The summed E-state index contributed by atoms with van der Waals surface area (Å²) in [6.07, 6.45) is 6.21. The van der Waals surface area contributed by atoms with E-state index in [2.05, 4.69) is 61.3 Å². The molecule has 0 aliphatic rings. The van der Waals surface area contributed by atoms with Crippen LogP contribution in [0.2, 0.25) is 0 Å². The molecule has 1 heteroatoms. The lowest BCUT2D eigenvalue weighted by Gasteiger charge is -2.06. The second-order valence-electron chi connectivity index (χ2n) is 4.32. The third-order valence-corrected chi connectivity index (χ3v) is 2.78. The number of hydrogen-bond acceptors (Lipinski definition) is 1. The van der Waals surface area contributed by atoms with Crippen molar-refractivity contribution in [2.45, 2.75) is 19.8 Å². The molecule has 0 aliphatic carbocycles. The largest absolute Gasteiger partial charge is 0.261 e. The van der Waals surface area contributed by atoms with Gasteiger partial charge in [0.2, 0.25) is 0 Å². The van der Waals surface area contributed by atoms with Gasteiger partial charge in [0.1, 0.15) is 0 Å². The lowest BCUT2D eigenvalue weighted by molar-refractivity contribution is 0.907. The van der Waals surface area contributed by atoms with Crippen LogP contribution in [0.25, 0.3) is 6.08 Å². The molecule has 2 rings (SSSR count). The van der Waals surface area contributed by atoms with Crippen LogP contribution in [0.5, 0.6) is 0 Å². The molecule has 1 unspecified atom stereocenters. The molecule has 1 aromatic carbocycles. The Labute approximate surface area is 103 Å². The minimum absolute atomic E-state index is 0.343. The Bertz CT molecular complexity index is 500. The summed E-state index contributed by atoms with van der Waals surface area (Å²) in [6, 6.07) is 14.5. The molecule has 0 fully saturated rings. The standard InChI is InChI=1S/C16H17N/c1-13-10-11-17-16(12-13)14(2)8-9-15-6-4-3-5-7-15/h3-12,14H,1-2H3/b9-8+. The van der Waals surface area contributed by atoms with Crippen LogP contribution < -0.4 is 0 Å². The molecule has 0 bridgehead atoms. The molecule has 1 atom stereocenters. The van der Waals surface area contributed by atoms with E-state index in [9.17, 15) is 0 Å². The molecule has 86 valence electrons. The van der Waals surface area contributed by atoms with Gasteiger partial charge in [-0.15, -0.1) is 0 Å². The monoisotopic (exact) mass is 223 g/mol. The number of rotatable bonds is 3. The van der Waals surface area contributed by atoms with Crippen LogP contribution in [0.3, 0.4) is 0 Å². The van der Waals surface area contributed by atoms with Gasteiger partial charge >= 0.3 is 0 Å². The van der Waals surface area contributed by atoms with Crippen LogP contribution in [-0.2, 0) is 0 Å². The van der Waals surface area contributed by atoms with Crippen molar-refractivity contribution in [1.29, 1.82) is 0 Å². The number of aromatic nitrogens is 1. The van der Waals surface area contributed by atoms with Crippen LogP contribution in [0, 0.1) is 6.92 Å². The molecule has 0 radical (unpaired) electrons. The van der Waals surface area contributed by atoms with E-state index < -0.39 is 0 Å². The highest BCUT2D eigenvalue weighted by Crippen LogP contribution is 2.16. The predicted octanol–water partition coefficient (Wildman–Crippen LogP) is 4.21. The SMILES string of the molecule is Cc1ccnc(C(C)/C=C/c2ccccc2)c1. The number of aryl methyl sites for hydroxylation is 1. The summed E-state index contributed by atoms with van der Waals surface area (Å²) in [7, 11) is 0. The van der Waals surface area contributed by atoms with Crippen molar-refractivity contribution in [3.63, 3.8) is 0 Å². The quantitative estimate of drug-likeness (QED) is 0.759. The minimum Gasteiger partial charge on any atom is -0.261 e. The van der Waals surface area contributed by atoms with Gasteiger partial charge in [-0.2, -0.15) is 0 Å². The number of hydrogen-bond donors (Lipinski definition) is 0. The minimum atomic E-state index is 0.343. The Morgan fingerprint density at radius 2 is 1.88 bits per heavy atom. The number of allylic oxidation sites excluding steroid dienone is 1. The highest BCUT2D eigenvalue weighted by atomic mass is 14.7. The van der Waals surface area contributed by atoms with Gasteiger partial charge in [-0.1, -0.05) is 49.4 Å². The first-order chi connectivity index (χ1) is 8.25. The summed E-state index contributed by atoms with van der Waals surface area (Å²) in [5.41, 5.74) is 3.61. The van der Waals surface area contributed by atoms with E-state index in [0.717, 1.165) is 5.69 Å². The molecule has 0 amide bonds. The summed E-state index contributed by atoms with van der Waals surface area (Å²) < 4.78 is 0. The maximum absolute atomic E-state index is 4.40. The van der Waals surface area contributed by atoms with Gasteiger partial charge in [0.25, 0.3) is 0 Å². The average Bonchev–Trinajstić information content (AvgIpc) is 2.37. The maximum Gasteiger partial charge on any atom is 0.0472 e. The number of benzene rings is 1. The van der Waals surface area contributed by atoms with Gasteiger partial charge < -0.3 is 0 Å². The van der Waals surface area contributed by atoms with E-state index in [1.54, 1.807) is 0 Å². The van der Waals surface area contributed by atoms with Crippen molar-refractivity contribution in [1.82, 2.24) is 4.98 Å². The van der Waals surface area contributed by atoms with Crippen molar-refractivity contribution >= 4 is 6.08 Å². The van der Waals surface area contributed by atoms with Crippen LogP contribution in [0.1, 0.15) is 29.7 Å².